The van der Waals surface area contributed by atoms with Gasteiger partial charge in [0.2, 0.25) is 0 Å². The molecule has 0 amide bonds. The monoisotopic (exact) mass is 498 g/mol. The molecule has 1 rings (SSSR count). The van der Waals surface area contributed by atoms with Gasteiger partial charge < -0.3 is 24.8 Å². The van der Waals surface area contributed by atoms with E-state index >= 15 is 0 Å². The molecule has 1 saturated carbocycles. The van der Waals surface area contributed by atoms with Crippen molar-refractivity contribution in [3.8, 4) is 0 Å². The first-order valence-electron chi connectivity index (χ1n) is 14.4. The molecule has 1 aliphatic rings. The summed E-state index contributed by atoms with van der Waals surface area (Å²) < 4.78 is 17.5. The number of unbranched alkanes of at least 4 members (excludes halogenated alkanes) is 1. The Hall–Kier alpha value is -0.200. The minimum absolute atomic E-state index is 0.139. The molecule has 2 N–H and O–H groups in total. The van der Waals surface area contributed by atoms with Crippen LogP contribution in [0.15, 0.2) is 0 Å². The fourth-order valence-electron chi connectivity index (χ4n) is 4.37. The Morgan fingerprint density at radius 1 is 0.629 bits per heavy atom. The average molecular weight is 499 g/mol. The van der Waals surface area contributed by atoms with Crippen molar-refractivity contribution in [2.24, 2.45) is 10.8 Å². The molecule has 0 aromatic carbocycles. The van der Waals surface area contributed by atoms with E-state index in [0.717, 1.165) is 58.5 Å². The lowest BCUT2D eigenvalue weighted by molar-refractivity contribution is -0.0528. The van der Waals surface area contributed by atoms with Crippen molar-refractivity contribution in [2.45, 2.75) is 144 Å². The molecule has 1 aliphatic carbocycles. The molecule has 0 aromatic rings. The van der Waals surface area contributed by atoms with E-state index < -0.39 is 0 Å². The number of hydrogen-bond donors (Lipinski definition) is 2. The number of hydrogen-bond acceptors (Lipinski definition) is 5. The molecule has 0 aliphatic heterocycles. The maximum absolute atomic E-state index is 5.97. The molecule has 0 atom stereocenters. The lowest BCUT2D eigenvalue weighted by Crippen LogP contribution is -2.54. The quantitative estimate of drug-likeness (QED) is 0.193. The molecular weight excluding hydrogens is 436 g/mol. The van der Waals surface area contributed by atoms with Gasteiger partial charge in [-0.2, -0.15) is 0 Å². The Labute approximate surface area is 219 Å². The van der Waals surface area contributed by atoms with Gasteiger partial charge in [-0.3, -0.25) is 0 Å². The molecule has 35 heavy (non-hydrogen) atoms. The van der Waals surface area contributed by atoms with E-state index in [9.17, 15) is 0 Å². The Balaban J connectivity index is 2.05. The lowest BCUT2D eigenvalue weighted by atomic mass is 9.84. The summed E-state index contributed by atoms with van der Waals surface area (Å²) in [6.07, 6.45) is 9.71. The van der Waals surface area contributed by atoms with E-state index in [-0.39, 0.29) is 16.5 Å². The van der Waals surface area contributed by atoms with Crippen LogP contribution in [0.2, 0.25) is 0 Å². The molecule has 0 spiro atoms. The minimum Gasteiger partial charge on any atom is -0.381 e. The van der Waals surface area contributed by atoms with E-state index in [1.54, 1.807) is 0 Å². The summed E-state index contributed by atoms with van der Waals surface area (Å²) in [5, 5.41) is 7.61. The Bertz CT molecular complexity index is 543. The summed E-state index contributed by atoms with van der Waals surface area (Å²) in [7, 11) is 0. The summed E-state index contributed by atoms with van der Waals surface area (Å²) in [6.45, 7) is 27.8. The minimum atomic E-state index is 0.139. The third kappa shape index (κ3) is 18.7. The highest BCUT2D eigenvalue weighted by molar-refractivity contribution is 4.93. The maximum Gasteiger partial charge on any atom is 0.0704 e. The van der Waals surface area contributed by atoms with Crippen molar-refractivity contribution in [2.75, 3.05) is 39.6 Å². The van der Waals surface area contributed by atoms with Crippen LogP contribution in [0, 0.1) is 10.8 Å². The van der Waals surface area contributed by atoms with Gasteiger partial charge in [-0.05, 0) is 90.0 Å². The zero-order valence-corrected chi connectivity index (χ0v) is 25.3. The zero-order valence-electron chi connectivity index (χ0n) is 25.3. The molecule has 0 saturated heterocycles. The second-order valence-corrected chi connectivity index (χ2v) is 14.6. The second kappa shape index (κ2) is 15.3. The van der Waals surface area contributed by atoms with Crippen molar-refractivity contribution in [3.63, 3.8) is 0 Å². The summed E-state index contributed by atoms with van der Waals surface area (Å²) in [5.41, 5.74) is 0.946. The van der Waals surface area contributed by atoms with Crippen LogP contribution in [0.1, 0.15) is 121 Å². The van der Waals surface area contributed by atoms with Crippen molar-refractivity contribution in [1.82, 2.24) is 10.6 Å². The van der Waals surface area contributed by atoms with Gasteiger partial charge in [-0.25, -0.2) is 0 Å². The second-order valence-electron chi connectivity index (χ2n) is 14.6. The topological polar surface area (TPSA) is 51.8 Å². The Morgan fingerprint density at radius 3 is 1.89 bits per heavy atom. The van der Waals surface area contributed by atoms with Crippen LogP contribution in [0.25, 0.3) is 0 Å². The fraction of sp³-hybridized carbons (Fsp3) is 1.00. The number of nitrogens with one attached hydrogen (secondary N) is 2. The predicted octanol–water partition coefficient (Wildman–Crippen LogP) is 6.74. The van der Waals surface area contributed by atoms with E-state index in [4.69, 9.17) is 14.2 Å². The number of rotatable bonds is 19. The first kappa shape index (κ1) is 32.8. The summed E-state index contributed by atoms with van der Waals surface area (Å²) in [6, 6.07) is 0.571. The zero-order chi connectivity index (χ0) is 26.6. The third-order valence-electron chi connectivity index (χ3n) is 6.72. The molecular formula is C30H62N2O3. The highest BCUT2D eigenvalue weighted by atomic mass is 16.5. The van der Waals surface area contributed by atoms with Gasteiger partial charge in [-0.1, -0.05) is 48.0 Å². The van der Waals surface area contributed by atoms with Crippen molar-refractivity contribution in [3.05, 3.63) is 0 Å². The van der Waals surface area contributed by atoms with Gasteiger partial charge in [0.25, 0.3) is 0 Å². The maximum atomic E-state index is 5.97. The van der Waals surface area contributed by atoms with Crippen molar-refractivity contribution in [1.29, 1.82) is 0 Å². The van der Waals surface area contributed by atoms with E-state index in [0.29, 0.717) is 30.8 Å². The molecule has 0 unspecified atom stereocenters. The summed E-state index contributed by atoms with van der Waals surface area (Å²) in [4.78, 5) is 0. The van der Waals surface area contributed by atoms with E-state index in [1.807, 2.05) is 0 Å². The van der Waals surface area contributed by atoms with Crippen LogP contribution in [0.5, 0.6) is 0 Å². The normalized spacial score (nSPS) is 19.7. The molecule has 5 nitrogen and oxygen atoms in total. The van der Waals surface area contributed by atoms with Crippen LogP contribution < -0.4 is 10.6 Å². The highest BCUT2D eigenvalue weighted by Gasteiger charge is 2.34. The smallest absolute Gasteiger partial charge is 0.0704 e. The fourth-order valence-corrected chi connectivity index (χ4v) is 4.37. The molecule has 0 aromatic heterocycles. The van der Waals surface area contributed by atoms with Gasteiger partial charge in [0, 0.05) is 30.3 Å². The molecule has 0 bridgehead atoms. The summed E-state index contributed by atoms with van der Waals surface area (Å²) >= 11 is 0. The third-order valence-corrected chi connectivity index (χ3v) is 6.72. The van der Waals surface area contributed by atoms with Crippen LogP contribution in [-0.4, -0.2) is 62.8 Å². The van der Waals surface area contributed by atoms with Gasteiger partial charge in [0.15, 0.2) is 0 Å². The van der Waals surface area contributed by atoms with Crippen molar-refractivity contribution < 1.29 is 14.2 Å². The summed E-state index contributed by atoms with van der Waals surface area (Å²) in [5.74, 6) is 0. The average Bonchev–Trinajstić information content (AvgIpc) is 2.67. The molecule has 1 fully saturated rings. The first-order valence-corrected chi connectivity index (χ1v) is 14.4. The van der Waals surface area contributed by atoms with Gasteiger partial charge >= 0.3 is 0 Å². The Kier molecular flexibility index (Phi) is 14.3. The highest BCUT2D eigenvalue weighted by Crippen LogP contribution is 2.28. The Morgan fingerprint density at radius 2 is 1.26 bits per heavy atom. The van der Waals surface area contributed by atoms with Crippen molar-refractivity contribution >= 4 is 0 Å². The van der Waals surface area contributed by atoms with Crippen LogP contribution in [0.3, 0.4) is 0 Å². The molecule has 0 heterocycles. The lowest BCUT2D eigenvalue weighted by Gasteiger charge is -2.42. The van der Waals surface area contributed by atoms with Crippen LogP contribution in [-0.2, 0) is 14.2 Å². The first-order chi connectivity index (χ1) is 16.1. The SMILES string of the molecule is CC(C)(C)CCCCOCCCNC(C)(C)CCC(C)(C)NC1CC(OCCOCC(C)(C)C)C1. The van der Waals surface area contributed by atoms with Gasteiger partial charge in [0.05, 0.1) is 25.9 Å². The van der Waals surface area contributed by atoms with Crippen LogP contribution >= 0.6 is 0 Å². The van der Waals surface area contributed by atoms with Crippen LogP contribution in [0.4, 0.5) is 0 Å². The molecule has 0 radical (unpaired) electrons. The molecule has 210 valence electrons. The van der Waals surface area contributed by atoms with E-state index in [1.165, 1.54) is 19.3 Å². The molecule has 5 heteroatoms. The predicted molar refractivity (Wildman–Crippen MR) is 150 cm³/mol. The largest absolute Gasteiger partial charge is 0.381 e. The van der Waals surface area contributed by atoms with Gasteiger partial charge in [0.1, 0.15) is 0 Å². The van der Waals surface area contributed by atoms with Gasteiger partial charge in [-0.15, -0.1) is 0 Å². The number of ether oxygens (including phenoxy) is 3. The van der Waals surface area contributed by atoms with E-state index in [2.05, 4.69) is 79.9 Å². The standard InChI is InChI=1S/C30H62N2O3/c1-27(2,3)14-11-12-18-33-19-13-17-31-29(7,8)15-16-30(9,10)32-25-22-26(23-25)35-21-20-34-24-28(4,5)6/h25-26,31-32H,11-24H2,1-10H3.